The number of rotatable bonds is 15. The van der Waals surface area contributed by atoms with Crippen LogP contribution in [0.5, 0.6) is 0 Å². The van der Waals surface area contributed by atoms with E-state index in [1.807, 2.05) is 0 Å². The third-order valence-electron chi connectivity index (χ3n) is 4.73. The van der Waals surface area contributed by atoms with E-state index in [4.69, 9.17) is 10.2 Å². The molecule has 0 rings (SSSR count). The highest BCUT2D eigenvalue weighted by atomic mass is 16.4. The number of hydrogen-bond acceptors (Lipinski definition) is 5. The Morgan fingerprint density at radius 3 is 1.93 bits per heavy atom. The molecule has 0 aromatic heterocycles. The summed E-state index contributed by atoms with van der Waals surface area (Å²) < 4.78 is 0.275. The molecule has 0 aromatic rings. The molecule has 0 radical (unpaired) electrons. The number of amides is 1. The Morgan fingerprint density at radius 1 is 0.966 bits per heavy atom. The summed E-state index contributed by atoms with van der Waals surface area (Å²) in [6.07, 6.45) is 3.02. The summed E-state index contributed by atoms with van der Waals surface area (Å²) in [6.45, 7) is 3.22. The Kier molecular flexibility index (Phi) is 11.1. The van der Waals surface area contributed by atoms with Gasteiger partial charge >= 0.3 is 11.9 Å². The van der Waals surface area contributed by atoms with E-state index >= 15 is 0 Å². The van der Waals surface area contributed by atoms with E-state index in [9.17, 15) is 24.3 Å². The maximum absolute atomic E-state index is 12.4. The Bertz CT molecular complexity index is 586. The van der Waals surface area contributed by atoms with Crippen LogP contribution in [0.1, 0.15) is 58.8 Å². The highest BCUT2D eigenvalue weighted by molar-refractivity contribution is 5.91. The summed E-state index contributed by atoms with van der Waals surface area (Å²) in [5.41, 5.74) is -1.88. The average molecular weight is 418 g/mol. The fourth-order valence-corrected chi connectivity index (χ4v) is 3.37. The molecule has 3 N–H and O–H groups in total. The molecule has 1 amide bonds. The molecule has 1 unspecified atom stereocenters. The van der Waals surface area contributed by atoms with Gasteiger partial charge in [0, 0.05) is 19.9 Å². The van der Waals surface area contributed by atoms with Gasteiger partial charge in [-0.25, -0.2) is 4.79 Å². The number of carboxylic acids is 2. The van der Waals surface area contributed by atoms with E-state index in [1.54, 1.807) is 21.1 Å². The number of aliphatic hydroxyl groups is 1. The van der Waals surface area contributed by atoms with Gasteiger partial charge in [0.2, 0.25) is 5.91 Å². The summed E-state index contributed by atoms with van der Waals surface area (Å²) in [5, 5.41) is 28.7. The summed E-state index contributed by atoms with van der Waals surface area (Å²) in [4.78, 5) is 47.4. The van der Waals surface area contributed by atoms with Crippen LogP contribution in [0.2, 0.25) is 0 Å². The molecule has 0 aliphatic rings. The van der Waals surface area contributed by atoms with Crippen molar-refractivity contribution in [1.82, 2.24) is 4.90 Å². The largest absolute Gasteiger partial charge is 0.481 e. The number of ketones is 1. The first kappa shape index (κ1) is 27.0. The lowest BCUT2D eigenvalue weighted by Gasteiger charge is -2.33. The lowest BCUT2D eigenvalue weighted by molar-refractivity contribution is -0.875. The summed E-state index contributed by atoms with van der Waals surface area (Å²) in [6, 6.07) is -0.863. The molecule has 0 fully saturated rings. The molecule has 0 bridgehead atoms. The van der Waals surface area contributed by atoms with Gasteiger partial charge in [-0.3, -0.25) is 14.4 Å². The standard InChI is InChI=1S/C20H36N2O7/c1-15(19(27)28)21(16(2)23)12-10-8-6-7-9-11-17(24)20(29,13-18(25)26)14-22(3,4)5/h15,29H,6-14H2,1-5H3,(H-,25,26,27,28)/p+1/t15-,20?/m0/s1. The Hall–Kier alpha value is -2.00. The predicted octanol–water partition coefficient (Wildman–Crippen LogP) is 1.13. The van der Waals surface area contributed by atoms with Crippen molar-refractivity contribution in [2.24, 2.45) is 0 Å². The van der Waals surface area contributed by atoms with Crippen molar-refractivity contribution >= 4 is 23.6 Å². The highest BCUT2D eigenvalue weighted by Gasteiger charge is 2.42. The normalized spacial score (nSPS) is 14.7. The maximum atomic E-state index is 12.4. The summed E-state index contributed by atoms with van der Waals surface area (Å²) in [5.74, 6) is -2.98. The van der Waals surface area contributed by atoms with E-state index in [1.165, 1.54) is 18.7 Å². The first-order chi connectivity index (χ1) is 13.2. The minimum Gasteiger partial charge on any atom is -0.481 e. The van der Waals surface area contributed by atoms with Crippen LogP contribution in [0, 0.1) is 0 Å². The maximum Gasteiger partial charge on any atom is 0.326 e. The van der Waals surface area contributed by atoms with Crippen molar-refractivity contribution in [3.05, 3.63) is 0 Å². The van der Waals surface area contributed by atoms with Crippen LogP contribution in [-0.4, -0.2) is 94.2 Å². The molecule has 0 heterocycles. The SMILES string of the molecule is CC(=O)N(CCCCCCCC(=O)C(O)(CC(=O)O)C[N+](C)(C)C)[C@@H](C)C(=O)O. The molecule has 168 valence electrons. The van der Waals surface area contributed by atoms with E-state index in [-0.39, 0.29) is 23.4 Å². The van der Waals surface area contributed by atoms with Crippen molar-refractivity contribution in [3.63, 3.8) is 0 Å². The summed E-state index contributed by atoms with van der Waals surface area (Å²) >= 11 is 0. The van der Waals surface area contributed by atoms with Gasteiger partial charge < -0.3 is 24.7 Å². The van der Waals surface area contributed by atoms with E-state index < -0.39 is 35.8 Å². The number of Topliss-reactive ketones (excluding diaryl/α,β-unsaturated/α-hetero) is 1. The number of hydrogen-bond donors (Lipinski definition) is 3. The number of carbonyl (C=O) groups is 4. The number of nitrogens with zero attached hydrogens (tertiary/aromatic N) is 2. The zero-order valence-electron chi connectivity index (χ0n) is 18.3. The van der Waals surface area contributed by atoms with Gasteiger partial charge in [0.05, 0.1) is 27.6 Å². The number of aliphatic carboxylic acids is 2. The van der Waals surface area contributed by atoms with Crippen LogP contribution in [0.3, 0.4) is 0 Å². The van der Waals surface area contributed by atoms with Crippen molar-refractivity contribution in [2.45, 2.75) is 70.4 Å². The van der Waals surface area contributed by atoms with E-state index in [2.05, 4.69) is 0 Å². The highest BCUT2D eigenvalue weighted by Crippen LogP contribution is 2.20. The van der Waals surface area contributed by atoms with Gasteiger partial charge in [0.15, 0.2) is 11.4 Å². The predicted molar refractivity (Wildman–Crippen MR) is 107 cm³/mol. The first-order valence-corrected chi connectivity index (χ1v) is 9.97. The molecular weight excluding hydrogens is 380 g/mol. The third kappa shape index (κ3) is 10.9. The van der Waals surface area contributed by atoms with Gasteiger partial charge in [0.25, 0.3) is 0 Å². The molecule has 9 nitrogen and oxygen atoms in total. The Labute approximate surface area is 172 Å². The van der Waals surface area contributed by atoms with Gasteiger partial charge in [-0.15, -0.1) is 0 Å². The average Bonchev–Trinajstić information content (AvgIpc) is 2.53. The van der Waals surface area contributed by atoms with Crippen LogP contribution >= 0.6 is 0 Å². The van der Waals surface area contributed by atoms with Gasteiger partial charge in [0.1, 0.15) is 12.6 Å². The molecule has 0 aliphatic carbocycles. The smallest absolute Gasteiger partial charge is 0.326 e. The third-order valence-corrected chi connectivity index (χ3v) is 4.73. The minimum atomic E-state index is -1.88. The second-order valence-electron chi connectivity index (χ2n) is 8.72. The number of quaternary nitrogens is 1. The van der Waals surface area contributed by atoms with Gasteiger partial charge in [-0.05, 0) is 19.8 Å². The van der Waals surface area contributed by atoms with E-state index in [0.717, 1.165) is 19.3 Å². The molecule has 29 heavy (non-hydrogen) atoms. The monoisotopic (exact) mass is 417 g/mol. The van der Waals surface area contributed by atoms with E-state index in [0.29, 0.717) is 19.4 Å². The topological polar surface area (TPSA) is 132 Å². The lowest BCUT2D eigenvalue weighted by atomic mass is 9.89. The number of likely N-dealkylation sites (N-methyl/N-ethyl adjacent to an activating group) is 1. The van der Waals surface area contributed by atoms with Crippen LogP contribution in [-0.2, 0) is 19.2 Å². The Morgan fingerprint density at radius 2 is 1.48 bits per heavy atom. The van der Waals surface area contributed by atoms with Crippen LogP contribution in [0.25, 0.3) is 0 Å². The first-order valence-electron chi connectivity index (χ1n) is 9.97. The lowest BCUT2D eigenvalue weighted by Crippen LogP contribution is -2.54. The number of carbonyl (C=O) groups excluding carboxylic acids is 2. The number of carboxylic acid groups (broad SMARTS) is 2. The molecule has 0 saturated carbocycles. The Balaban J connectivity index is 4.38. The zero-order chi connectivity index (χ0) is 22.8. The molecule has 0 spiro atoms. The molecular formula is C20H37N2O7+. The van der Waals surface area contributed by atoms with Crippen LogP contribution in [0.4, 0.5) is 0 Å². The quantitative estimate of drug-likeness (QED) is 0.269. The zero-order valence-corrected chi connectivity index (χ0v) is 18.3. The van der Waals surface area contributed by atoms with Crippen molar-refractivity contribution in [3.8, 4) is 0 Å². The molecule has 0 aromatic carbocycles. The van der Waals surface area contributed by atoms with Crippen molar-refractivity contribution in [2.75, 3.05) is 34.2 Å². The van der Waals surface area contributed by atoms with Crippen LogP contribution < -0.4 is 0 Å². The van der Waals surface area contributed by atoms with Crippen LogP contribution in [0.15, 0.2) is 0 Å². The van der Waals surface area contributed by atoms with Crippen molar-refractivity contribution < 1.29 is 39.0 Å². The molecule has 0 saturated heterocycles. The van der Waals surface area contributed by atoms with Gasteiger partial charge in [-0.1, -0.05) is 19.3 Å². The molecule has 9 heteroatoms. The number of unbranched alkanes of at least 4 members (excludes halogenated alkanes) is 4. The fourth-order valence-electron chi connectivity index (χ4n) is 3.37. The minimum absolute atomic E-state index is 0.0285. The van der Waals surface area contributed by atoms with Gasteiger partial charge in [-0.2, -0.15) is 0 Å². The fraction of sp³-hybridized carbons (Fsp3) is 0.800. The molecule has 2 atom stereocenters. The molecule has 0 aliphatic heterocycles. The van der Waals surface area contributed by atoms with Crippen molar-refractivity contribution in [1.29, 1.82) is 0 Å². The second-order valence-corrected chi connectivity index (χ2v) is 8.72. The second kappa shape index (κ2) is 11.9. The summed E-state index contributed by atoms with van der Waals surface area (Å²) in [7, 11) is 5.36.